The molecule has 0 aliphatic carbocycles. The molecular formula is C21H24NO3+. The van der Waals surface area contributed by atoms with Gasteiger partial charge in [0.15, 0.2) is 0 Å². The van der Waals surface area contributed by atoms with E-state index in [1.165, 1.54) is 0 Å². The molecule has 3 rings (SSSR count). The molecule has 0 unspecified atom stereocenters. The number of hydrogen-bond acceptors (Lipinski definition) is 3. The third-order valence-electron chi connectivity index (χ3n) is 4.84. The fourth-order valence-electron chi connectivity index (χ4n) is 3.17. The van der Waals surface area contributed by atoms with Crippen LogP contribution in [0.5, 0.6) is 5.75 Å². The van der Waals surface area contributed by atoms with E-state index < -0.39 is 0 Å². The third-order valence-corrected chi connectivity index (χ3v) is 4.84. The van der Waals surface area contributed by atoms with Crippen LogP contribution < -0.4 is 15.7 Å². The standard InChI is InChI=1S/C21H23NO3/c1-13-9-10-18-16(11-20(23)25-21(18)14(13)2)12-22-15(3)17-7-5-6-8-19(17)24-4/h5-11,15,22H,12H2,1-4H3/p+1/t15-/m0/s1. The van der Waals surface area contributed by atoms with Crippen LogP contribution in [-0.2, 0) is 6.54 Å². The van der Waals surface area contributed by atoms with Crippen molar-refractivity contribution in [1.29, 1.82) is 0 Å². The Bertz CT molecular complexity index is 959. The van der Waals surface area contributed by atoms with Crippen LogP contribution in [0.25, 0.3) is 11.0 Å². The van der Waals surface area contributed by atoms with Crippen molar-refractivity contribution in [2.24, 2.45) is 0 Å². The smallest absolute Gasteiger partial charge is 0.336 e. The van der Waals surface area contributed by atoms with Crippen LogP contribution in [0.15, 0.2) is 51.7 Å². The first kappa shape index (κ1) is 17.2. The second kappa shape index (κ2) is 7.11. The molecule has 25 heavy (non-hydrogen) atoms. The zero-order chi connectivity index (χ0) is 18.0. The molecular weight excluding hydrogens is 314 g/mol. The van der Waals surface area contributed by atoms with Gasteiger partial charge in [-0.1, -0.05) is 24.3 Å². The monoisotopic (exact) mass is 338 g/mol. The van der Waals surface area contributed by atoms with E-state index in [0.717, 1.165) is 33.4 Å². The minimum Gasteiger partial charge on any atom is -0.496 e. The van der Waals surface area contributed by atoms with Crippen LogP contribution in [0.3, 0.4) is 0 Å². The zero-order valence-electron chi connectivity index (χ0n) is 15.1. The molecule has 0 spiro atoms. The predicted molar refractivity (Wildman–Crippen MR) is 99.0 cm³/mol. The number of quaternary nitrogens is 1. The first-order valence-corrected chi connectivity index (χ1v) is 8.50. The largest absolute Gasteiger partial charge is 0.496 e. The summed E-state index contributed by atoms with van der Waals surface area (Å²) in [5.74, 6) is 0.884. The van der Waals surface area contributed by atoms with E-state index in [1.807, 2.05) is 38.1 Å². The quantitative estimate of drug-likeness (QED) is 0.727. The molecule has 0 bridgehead atoms. The van der Waals surface area contributed by atoms with Crippen molar-refractivity contribution in [2.75, 3.05) is 7.11 Å². The van der Waals surface area contributed by atoms with Crippen LogP contribution in [0, 0.1) is 13.8 Å². The summed E-state index contributed by atoms with van der Waals surface area (Å²) in [6, 6.07) is 14.0. The lowest BCUT2D eigenvalue weighted by Gasteiger charge is -2.15. The van der Waals surface area contributed by atoms with Crippen molar-refractivity contribution < 1.29 is 14.5 Å². The second-order valence-electron chi connectivity index (χ2n) is 6.45. The van der Waals surface area contributed by atoms with E-state index >= 15 is 0 Å². The number of benzene rings is 2. The molecule has 1 heterocycles. The molecule has 1 aromatic heterocycles. The van der Waals surface area contributed by atoms with Gasteiger partial charge in [-0.05, 0) is 44.0 Å². The van der Waals surface area contributed by atoms with Gasteiger partial charge in [-0.3, -0.25) is 0 Å². The molecule has 0 saturated heterocycles. The number of aryl methyl sites for hydroxylation is 2. The van der Waals surface area contributed by atoms with E-state index in [2.05, 4.69) is 24.4 Å². The minimum absolute atomic E-state index is 0.213. The Labute approximate surface area is 147 Å². The third kappa shape index (κ3) is 3.44. The topological polar surface area (TPSA) is 56.0 Å². The van der Waals surface area contributed by atoms with Gasteiger partial charge in [-0.2, -0.15) is 0 Å². The highest BCUT2D eigenvalue weighted by molar-refractivity contribution is 5.83. The Morgan fingerprint density at radius 1 is 1.16 bits per heavy atom. The first-order chi connectivity index (χ1) is 12.0. The van der Waals surface area contributed by atoms with Crippen molar-refractivity contribution in [3.63, 3.8) is 0 Å². The predicted octanol–water partition coefficient (Wildman–Crippen LogP) is 3.24. The van der Waals surface area contributed by atoms with Crippen molar-refractivity contribution in [2.45, 2.75) is 33.4 Å². The Kier molecular flexibility index (Phi) is 4.91. The van der Waals surface area contributed by atoms with Gasteiger partial charge in [0, 0.05) is 17.0 Å². The highest BCUT2D eigenvalue weighted by atomic mass is 16.5. The maximum Gasteiger partial charge on any atom is 0.336 e. The molecule has 3 aromatic rings. The number of hydrogen-bond donors (Lipinski definition) is 1. The second-order valence-corrected chi connectivity index (χ2v) is 6.45. The van der Waals surface area contributed by atoms with Gasteiger partial charge in [0.1, 0.15) is 23.9 Å². The average Bonchev–Trinajstić information content (AvgIpc) is 2.62. The SMILES string of the molecule is COc1ccccc1[C@H](C)[NH2+]Cc1cc(=O)oc2c(C)c(C)ccc12. The van der Waals surface area contributed by atoms with Gasteiger partial charge in [-0.25, -0.2) is 4.79 Å². The molecule has 0 aliphatic heterocycles. The fourth-order valence-corrected chi connectivity index (χ4v) is 3.17. The number of para-hydroxylation sites is 1. The van der Waals surface area contributed by atoms with Gasteiger partial charge < -0.3 is 14.5 Å². The van der Waals surface area contributed by atoms with Crippen molar-refractivity contribution in [3.05, 3.63) is 75.1 Å². The summed E-state index contributed by atoms with van der Waals surface area (Å²) in [5, 5.41) is 3.22. The van der Waals surface area contributed by atoms with Crippen LogP contribution in [0.1, 0.15) is 35.2 Å². The van der Waals surface area contributed by atoms with Crippen molar-refractivity contribution >= 4 is 11.0 Å². The van der Waals surface area contributed by atoms with Gasteiger partial charge >= 0.3 is 5.63 Å². The number of ether oxygens (including phenoxy) is 1. The summed E-state index contributed by atoms with van der Waals surface area (Å²) in [6.07, 6.45) is 0. The van der Waals surface area contributed by atoms with E-state index in [1.54, 1.807) is 13.2 Å². The van der Waals surface area contributed by atoms with Gasteiger partial charge in [0.05, 0.1) is 12.7 Å². The maximum absolute atomic E-state index is 12.0. The lowest BCUT2D eigenvalue weighted by molar-refractivity contribution is -0.707. The number of rotatable bonds is 5. The Hall–Kier alpha value is -2.59. The molecule has 2 aromatic carbocycles. The summed E-state index contributed by atoms with van der Waals surface area (Å²) in [6.45, 7) is 6.85. The number of nitrogens with two attached hydrogens (primary N) is 1. The molecule has 4 heteroatoms. The normalized spacial score (nSPS) is 12.3. The minimum atomic E-state index is -0.297. The zero-order valence-corrected chi connectivity index (χ0v) is 15.1. The molecule has 1 atom stereocenters. The Morgan fingerprint density at radius 2 is 1.92 bits per heavy atom. The molecule has 0 aliphatic rings. The first-order valence-electron chi connectivity index (χ1n) is 8.50. The fraction of sp³-hybridized carbons (Fsp3) is 0.286. The lowest BCUT2D eigenvalue weighted by atomic mass is 10.0. The number of methoxy groups -OCH3 is 1. The van der Waals surface area contributed by atoms with E-state index in [-0.39, 0.29) is 11.7 Å². The van der Waals surface area contributed by atoms with Gasteiger partial charge in [-0.15, -0.1) is 0 Å². The summed E-state index contributed by atoms with van der Waals surface area (Å²) in [4.78, 5) is 12.0. The lowest BCUT2D eigenvalue weighted by Crippen LogP contribution is -2.83. The van der Waals surface area contributed by atoms with E-state index in [4.69, 9.17) is 9.15 Å². The average molecular weight is 338 g/mol. The number of fused-ring (bicyclic) bond motifs is 1. The molecule has 4 nitrogen and oxygen atoms in total. The molecule has 0 radical (unpaired) electrons. The molecule has 0 fully saturated rings. The van der Waals surface area contributed by atoms with Crippen LogP contribution >= 0.6 is 0 Å². The summed E-state index contributed by atoms with van der Waals surface area (Å²) in [5.41, 5.74) is 4.68. The molecule has 0 amide bonds. The summed E-state index contributed by atoms with van der Waals surface area (Å²) >= 11 is 0. The van der Waals surface area contributed by atoms with Crippen LogP contribution in [0.2, 0.25) is 0 Å². The Morgan fingerprint density at radius 3 is 2.68 bits per heavy atom. The van der Waals surface area contributed by atoms with Gasteiger partial charge in [0.2, 0.25) is 0 Å². The van der Waals surface area contributed by atoms with Crippen molar-refractivity contribution in [1.82, 2.24) is 0 Å². The molecule has 130 valence electrons. The van der Waals surface area contributed by atoms with Crippen LogP contribution in [0.4, 0.5) is 0 Å². The highest BCUT2D eigenvalue weighted by Crippen LogP contribution is 2.24. The summed E-state index contributed by atoms with van der Waals surface area (Å²) < 4.78 is 10.9. The van der Waals surface area contributed by atoms with E-state index in [0.29, 0.717) is 12.1 Å². The van der Waals surface area contributed by atoms with Crippen LogP contribution in [-0.4, -0.2) is 7.11 Å². The van der Waals surface area contributed by atoms with Gasteiger partial charge in [0.25, 0.3) is 0 Å². The Balaban J connectivity index is 1.91. The van der Waals surface area contributed by atoms with Crippen molar-refractivity contribution in [3.8, 4) is 5.75 Å². The summed E-state index contributed by atoms with van der Waals surface area (Å²) in [7, 11) is 1.69. The maximum atomic E-state index is 12.0. The van der Waals surface area contributed by atoms with E-state index in [9.17, 15) is 4.79 Å². The molecule has 0 saturated carbocycles. The molecule has 2 N–H and O–H groups in total. The highest BCUT2D eigenvalue weighted by Gasteiger charge is 2.16.